The molecular formula is C18H12Br2N2O4. The zero-order valence-corrected chi connectivity index (χ0v) is 16.2. The van der Waals surface area contributed by atoms with E-state index >= 15 is 0 Å². The summed E-state index contributed by atoms with van der Waals surface area (Å²) in [7, 11) is 0. The Morgan fingerprint density at radius 2 is 1.65 bits per heavy atom. The van der Waals surface area contributed by atoms with Crippen LogP contribution < -0.4 is 5.43 Å². The molecule has 1 amide bonds. The van der Waals surface area contributed by atoms with Gasteiger partial charge in [0.25, 0.3) is 5.91 Å². The second-order valence-electron chi connectivity index (χ2n) is 5.37. The van der Waals surface area contributed by atoms with Gasteiger partial charge >= 0.3 is 0 Å². The van der Waals surface area contributed by atoms with Crippen LogP contribution in [0.2, 0.25) is 0 Å². The topological polar surface area (TPSA) is 102 Å². The summed E-state index contributed by atoms with van der Waals surface area (Å²) in [4.78, 5) is 12.3. The Morgan fingerprint density at radius 1 is 1.00 bits per heavy atom. The summed E-state index contributed by atoms with van der Waals surface area (Å²) in [6.07, 6.45) is 1.22. The first kappa shape index (κ1) is 18.2. The maximum atomic E-state index is 12.3. The van der Waals surface area contributed by atoms with Crippen LogP contribution in [0, 0.1) is 0 Å². The smallest absolute Gasteiger partial charge is 0.275 e. The number of benzene rings is 3. The minimum Gasteiger partial charge on any atom is -0.507 e. The molecule has 0 aliphatic heterocycles. The van der Waals surface area contributed by atoms with Crippen LogP contribution in [0.1, 0.15) is 15.9 Å². The predicted octanol–water partition coefficient (Wildman–Crippen LogP) is 4.25. The molecule has 4 N–H and O–H groups in total. The number of aromatic hydroxyl groups is 3. The second kappa shape index (κ2) is 7.35. The number of carbonyl (C=O) groups is 1. The molecule has 0 radical (unpaired) electrons. The van der Waals surface area contributed by atoms with Gasteiger partial charge in [0.05, 0.1) is 16.3 Å². The van der Waals surface area contributed by atoms with Gasteiger partial charge in [-0.2, -0.15) is 5.10 Å². The van der Waals surface area contributed by atoms with Gasteiger partial charge in [0, 0.05) is 5.56 Å². The maximum absolute atomic E-state index is 12.3. The predicted molar refractivity (Wildman–Crippen MR) is 106 cm³/mol. The van der Waals surface area contributed by atoms with Crippen molar-refractivity contribution in [3.05, 3.63) is 62.5 Å². The average molecular weight is 480 g/mol. The van der Waals surface area contributed by atoms with E-state index in [4.69, 9.17) is 0 Å². The third-order valence-electron chi connectivity index (χ3n) is 3.68. The van der Waals surface area contributed by atoms with Crippen molar-refractivity contribution in [2.24, 2.45) is 5.10 Å². The Bertz CT molecular complexity index is 1050. The number of nitrogens with one attached hydrogen (secondary N) is 1. The minimum atomic E-state index is -0.596. The highest BCUT2D eigenvalue weighted by Gasteiger charge is 2.14. The van der Waals surface area contributed by atoms with E-state index < -0.39 is 5.91 Å². The quantitative estimate of drug-likeness (QED) is 0.333. The molecule has 8 heteroatoms. The van der Waals surface area contributed by atoms with Crippen LogP contribution >= 0.6 is 31.9 Å². The molecule has 0 fully saturated rings. The zero-order chi connectivity index (χ0) is 18.8. The summed E-state index contributed by atoms with van der Waals surface area (Å²) in [5.74, 6) is -1.13. The van der Waals surface area contributed by atoms with Crippen LogP contribution in [0.25, 0.3) is 10.8 Å². The minimum absolute atomic E-state index is 0.0816. The molecule has 0 saturated carbocycles. The van der Waals surface area contributed by atoms with Crippen LogP contribution in [0.3, 0.4) is 0 Å². The number of fused-ring (bicyclic) bond motifs is 1. The molecule has 0 bridgehead atoms. The summed E-state index contributed by atoms with van der Waals surface area (Å²) in [5, 5.41) is 35.1. The molecule has 3 aromatic carbocycles. The fraction of sp³-hybridized carbons (Fsp3) is 0. The summed E-state index contributed by atoms with van der Waals surface area (Å²) in [6, 6.07) is 11.9. The molecule has 3 rings (SSSR count). The van der Waals surface area contributed by atoms with Crippen molar-refractivity contribution in [2.45, 2.75) is 0 Å². The average Bonchev–Trinajstić information content (AvgIpc) is 2.63. The fourth-order valence-corrected chi connectivity index (χ4v) is 3.50. The van der Waals surface area contributed by atoms with Gasteiger partial charge in [-0.15, -0.1) is 0 Å². The largest absolute Gasteiger partial charge is 0.507 e. The van der Waals surface area contributed by atoms with Gasteiger partial charge in [-0.3, -0.25) is 4.79 Å². The number of hydrogen-bond donors (Lipinski definition) is 4. The summed E-state index contributed by atoms with van der Waals surface area (Å²) < 4.78 is 0.453. The number of carbonyl (C=O) groups excluding carboxylic acids is 1. The molecule has 0 aliphatic rings. The maximum Gasteiger partial charge on any atom is 0.275 e. The zero-order valence-electron chi connectivity index (χ0n) is 13.1. The highest BCUT2D eigenvalue weighted by Crippen LogP contribution is 2.40. The van der Waals surface area contributed by atoms with Gasteiger partial charge in [0.1, 0.15) is 21.7 Å². The van der Waals surface area contributed by atoms with Crippen LogP contribution in [-0.4, -0.2) is 27.4 Å². The number of phenols is 3. The lowest BCUT2D eigenvalue weighted by Gasteiger charge is -2.07. The number of phenolic OH excluding ortho intramolecular Hbond substituents is 3. The van der Waals surface area contributed by atoms with Gasteiger partial charge in [-0.05, 0) is 60.8 Å². The lowest BCUT2D eigenvalue weighted by atomic mass is 10.1. The van der Waals surface area contributed by atoms with Gasteiger partial charge in [-0.1, -0.05) is 24.3 Å². The molecule has 26 heavy (non-hydrogen) atoms. The molecule has 0 atom stereocenters. The van der Waals surface area contributed by atoms with E-state index in [1.165, 1.54) is 18.3 Å². The number of rotatable bonds is 3. The first-order valence-electron chi connectivity index (χ1n) is 7.33. The summed E-state index contributed by atoms with van der Waals surface area (Å²) in [6.45, 7) is 0. The monoisotopic (exact) mass is 478 g/mol. The van der Waals surface area contributed by atoms with Crippen LogP contribution in [0.4, 0.5) is 0 Å². The molecule has 0 heterocycles. The molecule has 3 aromatic rings. The van der Waals surface area contributed by atoms with E-state index in [0.29, 0.717) is 4.47 Å². The van der Waals surface area contributed by atoms with Gasteiger partial charge in [0.15, 0.2) is 0 Å². The lowest BCUT2D eigenvalue weighted by Crippen LogP contribution is -2.17. The third-order valence-corrected chi connectivity index (χ3v) is 5.03. The van der Waals surface area contributed by atoms with Crippen molar-refractivity contribution in [3.63, 3.8) is 0 Å². The second-order valence-corrected chi connectivity index (χ2v) is 7.02. The van der Waals surface area contributed by atoms with Crippen molar-refractivity contribution in [1.82, 2.24) is 5.43 Å². The van der Waals surface area contributed by atoms with Gasteiger partial charge in [-0.25, -0.2) is 5.43 Å². The Morgan fingerprint density at radius 3 is 2.35 bits per heavy atom. The molecule has 132 valence electrons. The van der Waals surface area contributed by atoms with Crippen molar-refractivity contribution < 1.29 is 20.1 Å². The molecule has 0 spiro atoms. The van der Waals surface area contributed by atoms with E-state index in [9.17, 15) is 20.1 Å². The van der Waals surface area contributed by atoms with E-state index in [2.05, 4.69) is 42.4 Å². The SMILES string of the molecule is O=C(NN=Cc1cc(Br)c(O)c(Br)c1O)c1cc2ccccc2cc1O. The number of hydrazone groups is 1. The van der Waals surface area contributed by atoms with Gasteiger partial charge in [0.2, 0.25) is 0 Å². The van der Waals surface area contributed by atoms with E-state index in [0.717, 1.165) is 10.8 Å². The van der Waals surface area contributed by atoms with Crippen LogP contribution in [-0.2, 0) is 0 Å². The van der Waals surface area contributed by atoms with Crippen molar-refractivity contribution in [1.29, 1.82) is 0 Å². The first-order chi connectivity index (χ1) is 12.4. The number of amides is 1. The van der Waals surface area contributed by atoms with Crippen LogP contribution in [0.15, 0.2) is 56.5 Å². The van der Waals surface area contributed by atoms with E-state index in [1.54, 1.807) is 6.07 Å². The summed E-state index contributed by atoms with van der Waals surface area (Å²) >= 11 is 6.21. The standard InChI is InChI=1S/C18H12Br2N2O4/c19-13-6-11(16(24)15(20)17(13)25)8-21-22-18(26)12-5-9-3-1-2-4-10(9)7-14(12)23/h1-8,23-25H,(H,22,26). The first-order valence-corrected chi connectivity index (χ1v) is 8.92. The van der Waals surface area contributed by atoms with E-state index in [-0.39, 0.29) is 32.8 Å². The van der Waals surface area contributed by atoms with Crippen LogP contribution in [0.5, 0.6) is 17.2 Å². The lowest BCUT2D eigenvalue weighted by molar-refractivity contribution is 0.0952. The molecule has 0 unspecified atom stereocenters. The van der Waals surface area contributed by atoms with Crippen molar-refractivity contribution in [3.8, 4) is 17.2 Å². The highest BCUT2D eigenvalue weighted by atomic mass is 79.9. The fourth-order valence-electron chi connectivity index (χ4n) is 2.35. The summed E-state index contributed by atoms with van der Waals surface area (Å²) in [5.41, 5.74) is 2.65. The highest BCUT2D eigenvalue weighted by molar-refractivity contribution is 9.11. The Labute approximate surface area is 165 Å². The number of hydrogen-bond acceptors (Lipinski definition) is 5. The van der Waals surface area contributed by atoms with Crippen molar-refractivity contribution in [2.75, 3.05) is 0 Å². The normalized spacial score (nSPS) is 11.2. The number of nitrogens with zero attached hydrogens (tertiary/aromatic N) is 1. The molecule has 0 aliphatic carbocycles. The molecule has 0 saturated heterocycles. The number of halogens is 2. The van der Waals surface area contributed by atoms with E-state index in [1.807, 2.05) is 24.3 Å². The van der Waals surface area contributed by atoms with Crippen molar-refractivity contribution >= 4 is 54.8 Å². The Balaban J connectivity index is 1.83. The third kappa shape index (κ3) is 3.51. The molecule has 0 aromatic heterocycles. The Kier molecular flexibility index (Phi) is 5.15. The van der Waals surface area contributed by atoms with Gasteiger partial charge < -0.3 is 15.3 Å². The molecule has 6 nitrogen and oxygen atoms in total. The molecular weight excluding hydrogens is 468 g/mol. The Hall–Kier alpha value is -2.58.